The summed E-state index contributed by atoms with van der Waals surface area (Å²) >= 11 is 1.47. The van der Waals surface area contributed by atoms with Crippen molar-refractivity contribution in [3.8, 4) is 0 Å². The van der Waals surface area contributed by atoms with E-state index in [1.165, 1.54) is 11.8 Å². The van der Waals surface area contributed by atoms with Crippen LogP contribution in [-0.2, 0) is 4.79 Å². The van der Waals surface area contributed by atoms with Crippen molar-refractivity contribution < 1.29 is 14.7 Å². The maximum Gasteiger partial charge on any atom is 0.251 e. The van der Waals surface area contributed by atoms with Gasteiger partial charge in [0.15, 0.2) is 0 Å². The molecule has 1 aliphatic heterocycles. The number of aliphatic hydroxyl groups is 1. The molecule has 1 aromatic carbocycles. The molecule has 0 unspecified atom stereocenters. The number of aliphatic hydroxyl groups excluding tert-OH is 1. The summed E-state index contributed by atoms with van der Waals surface area (Å²) in [7, 11) is 0. The van der Waals surface area contributed by atoms with Gasteiger partial charge in [0, 0.05) is 10.5 Å². The molecule has 6 heteroatoms. The molecule has 2 amide bonds. The summed E-state index contributed by atoms with van der Waals surface area (Å²) in [5.41, 5.74) is 0.718. The lowest BCUT2D eigenvalue weighted by atomic mass is 9.98. The minimum Gasteiger partial charge on any atom is -0.394 e. The lowest BCUT2D eigenvalue weighted by molar-refractivity contribution is -0.113. The van der Waals surface area contributed by atoms with E-state index in [0.717, 1.165) is 30.6 Å². The molecule has 1 fully saturated rings. The number of nitrogens with one attached hydrogen (secondary N) is 2. The van der Waals surface area contributed by atoms with Crippen molar-refractivity contribution in [2.24, 2.45) is 0 Å². The Morgan fingerprint density at radius 2 is 2.14 bits per heavy atom. The zero-order valence-corrected chi connectivity index (χ0v) is 12.5. The maximum absolute atomic E-state index is 12.4. The zero-order chi connectivity index (χ0) is 14.9. The van der Waals surface area contributed by atoms with Crippen molar-refractivity contribution in [1.29, 1.82) is 0 Å². The Morgan fingerprint density at radius 1 is 1.38 bits per heavy atom. The van der Waals surface area contributed by atoms with Gasteiger partial charge in [0.2, 0.25) is 5.91 Å². The smallest absolute Gasteiger partial charge is 0.251 e. The number of hydrogen-bond donors (Lipinski definition) is 3. The third kappa shape index (κ3) is 2.91. The summed E-state index contributed by atoms with van der Waals surface area (Å²) in [6.07, 6.45) is 3.68. The fourth-order valence-corrected chi connectivity index (χ4v) is 3.70. The van der Waals surface area contributed by atoms with Crippen LogP contribution < -0.4 is 10.6 Å². The molecule has 3 N–H and O–H groups in total. The lowest BCUT2D eigenvalue weighted by Gasteiger charge is -2.28. The van der Waals surface area contributed by atoms with E-state index in [9.17, 15) is 14.7 Å². The van der Waals surface area contributed by atoms with Crippen LogP contribution in [0, 0.1) is 0 Å². The van der Waals surface area contributed by atoms with Crippen LogP contribution in [0.15, 0.2) is 23.1 Å². The van der Waals surface area contributed by atoms with Gasteiger partial charge in [-0.05, 0) is 31.0 Å². The van der Waals surface area contributed by atoms with Crippen molar-refractivity contribution >= 4 is 29.3 Å². The largest absolute Gasteiger partial charge is 0.394 e. The Morgan fingerprint density at radius 3 is 2.86 bits per heavy atom. The van der Waals surface area contributed by atoms with Crippen molar-refractivity contribution in [3.63, 3.8) is 0 Å². The van der Waals surface area contributed by atoms with Crippen molar-refractivity contribution in [1.82, 2.24) is 5.32 Å². The Bertz CT molecular complexity index is 582. The number of anilines is 1. The van der Waals surface area contributed by atoms with E-state index in [2.05, 4.69) is 10.6 Å². The first kappa shape index (κ1) is 14.4. The zero-order valence-electron chi connectivity index (χ0n) is 11.6. The van der Waals surface area contributed by atoms with Crippen LogP contribution >= 0.6 is 11.8 Å². The second-order valence-corrected chi connectivity index (χ2v) is 6.66. The molecule has 0 aromatic heterocycles. The number of thioether (sulfide) groups is 1. The van der Waals surface area contributed by atoms with E-state index >= 15 is 0 Å². The molecule has 5 nitrogen and oxygen atoms in total. The van der Waals surface area contributed by atoms with Gasteiger partial charge in [0.1, 0.15) is 0 Å². The highest BCUT2D eigenvalue weighted by Crippen LogP contribution is 2.33. The number of hydrogen-bond acceptors (Lipinski definition) is 4. The Hall–Kier alpha value is -1.53. The van der Waals surface area contributed by atoms with Gasteiger partial charge in [0.05, 0.1) is 23.6 Å². The molecule has 1 saturated carbocycles. The number of rotatable bonds is 3. The van der Waals surface area contributed by atoms with E-state index < -0.39 is 5.54 Å². The fourth-order valence-electron chi connectivity index (χ4n) is 2.91. The summed E-state index contributed by atoms with van der Waals surface area (Å²) < 4.78 is 0. The predicted molar refractivity (Wildman–Crippen MR) is 81.5 cm³/mol. The molecule has 2 aliphatic rings. The topological polar surface area (TPSA) is 78.4 Å². The van der Waals surface area contributed by atoms with Crippen LogP contribution in [0.2, 0.25) is 0 Å². The van der Waals surface area contributed by atoms with Crippen LogP contribution in [0.4, 0.5) is 5.69 Å². The van der Waals surface area contributed by atoms with E-state index in [4.69, 9.17) is 0 Å². The first-order valence-electron chi connectivity index (χ1n) is 7.12. The minimum atomic E-state index is -0.481. The minimum absolute atomic E-state index is 0.0315. The molecule has 0 radical (unpaired) electrons. The summed E-state index contributed by atoms with van der Waals surface area (Å²) in [4.78, 5) is 24.8. The van der Waals surface area contributed by atoms with Crippen LogP contribution in [0.5, 0.6) is 0 Å². The van der Waals surface area contributed by atoms with Gasteiger partial charge in [0.25, 0.3) is 5.91 Å². The van der Waals surface area contributed by atoms with Crippen LogP contribution in [-0.4, -0.2) is 34.8 Å². The Kier molecular flexibility index (Phi) is 3.91. The summed E-state index contributed by atoms with van der Waals surface area (Å²) in [6.45, 7) is -0.0315. The van der Waals surface area contributed by atoms with Crippen molar-refractivity contribution in [2.75, 3.05) is 17.7 Å². The molecule has 112 valence electrons. The maximum atomic E-state index is 12.4. The van der Waals surface area contributed by atoms with Crippen molar-refractivity contribution in [2.45, 2.75) is 36.1 Å². The normalized spacial score (nSPS) is 19.8. The molecule has 0 bridgehead atoms. The first-order valence-corrected chi connectivity index (χ1v) is 8.11. The van der Waals surface area contributed by atoms with Crippen molar-refractivity contribution in [3.05, 3.63) is 23.8 Å². The number of carbonyl (C=O) groups excluding carboxylic acids is 2. The first-order chi connectivity index (χ1) is 10.1. The average molecular weight is 306 g/mol. The second kappa shape index (κ2) is 5.69. The number of amides is 2. The fraction of sp³-hybridized carbons (Fsp3) is 0.467. The van der Waals surface area contributed by atoms with Gasteiger partial charge < -0.3 is 15.7 Å². The van der Waals surface area contributed by atoms with Gasteiger partial charge >= 0.3 is 0 Å². The van der Waals surface area contributed by atoms with E-state index in [1.807, 2.05) is 6.07 Å². The highest BCUT2D eigenvalue weighted by Gasteiger charge is 2.35. The highest BCUT2D eigenvalue weighted by atomic mass is 32.2. The molecule has 1 aliphatic carbocycles. The monoisotopic (exact) mass is 306 g/mol. The molecule has 21 heavy (non-hydrogen) atoms. The van der Waals surface area contributed by atoms with Gasteiger partial charge in [-0.1, -0.05) is 12.8 Å². The summed E-state index contributed by atoms with van der Waals surface area (Å²) in [6, 6.07) is 5.32. The van der Waals surface area contributed by atoms with Gasteiger partial charge in [-0.15, -0.1) is 11.8 Å². The molecule has 0 spiro atoms. The highest BCUT2D eigenvalue weighted by molar-refractivity contribution is 8.00. The van der Waals surface area contributed by atoms with E-state index in [-0.39, 0.29) is 18.4 Å². The molecule has 3 rings (SSSR count). The number of benzene rings is 1. The molecule has 1 heterocycles. The van der Waals surface area contributed by atoms with Crippen LogP contribution in [0.3, 0.4) is 0 Å². The Balaban J connectivity index is 1.79. The van der Waals surface area contributed by atoms with E-state index in [1.54, 1.807) is 12.1 Å². The second-order valence-electron chi connectivity index (χ2n) is 5.65. The van der Waals surface area contributed by atoms with Crippen LogP contribution in [0.25, 0.3) is 0 Å². The average Bonchev–Trinajstić information content (AvgIpc) is 2.95. The molecular formula is C15H18N2O3S. The Labute approximate surface area is 127 Å². The molecule has 1 aromatic rings. The van der Waals surface area contributed by atoms with E-state index in [0.29, 0.717) is 17.0 Å². The van der Waals surface area contributed by atoms with Gasteiger partial charge in [-0.3, -0.25) is 9.59 Å². The van der Waals surface area contributed by atoms with Gasteiger partial charge in [-0.2, -0.15) is 0 Å². The number of carbonyl (C=O) groups is 2. The SMILES string of the molecule is O=C1CSc2ccc(C(=O)NC3(CO)CCCC3)cc2N1. The molecular weight excluding hydrogens is 288 g/mol. The van der Waals surface area contributed by atoms with Crippen LogP contribution in [0.1, 0.15) is 36.0 Å². The summed E-state index contributed by atoms with van der Waals surface area (Å²) in [5.74, 6) is 0.165. The molecule has 0 saturated heterocycles. The quantitative estimate of drug-likeness (QED) is 0.795. The third-order valence-corrected chi connectivity index (χ3v) is 5.19. The standard InChI is InChI=1S/C15H18N2O3S/c18-9-15(5-1-2-6-15)17-14(20)10-3-4-12-11(7-10)16-13(19)8-21-12/h3-4,7,18H,1-2,5-6,8-9H2,(H,16,19)(H,17,20). The third-order valence-electron chi connectivity index (χ3n) is 4.12. The number of fused-ring (bicyclic) bond motifs is 1. The lowest BCUT2D eigenvalue weighted by Crippen LogP contribution is -2.49. The summed E-state index contributed by atoms with van der Waals surface area (Å²) in [5, 5.41) is 15.3. The predicted octanol–water partition coefficient (Wildman–Crippen LogP) is 1.77. The van der Waals surface area contributed by atoms with Gasteiger partial charge in [-0.25, -0.2) is 0 Å². The molecule has 0 atom stereocenters.